The van der Waals surface area contributed by atoms with E-state index in [0.29, 0.717) is 30.0 Å². The number of rotatable bonds is 6. The van der Waals surface area contributed by atoms with Crippen molar-refractivity contribution in [1.29, 1.82) is 0 Å². The van der Waals surface area contributed by atoms with E-state index in [1.54, 1.807) is 23.7 Å². The minimum absolute atomic E-state index is 0.165. The zero-order valence-corrected chi connectivity index (χ0v) is 13.3. The quantitative estimate of drug-likeness (QED) is 0.314. The monoisotopic (exact) mass is 339 g/mol. The molecule has 7 heteroatoms. The van der Waals surface area contributed by atoms with E-state index >= 15 is 0 Å². The van der Waals surface area contributed by atoms with E-state index in [4.69, 9.17) is 9.94 Å². The Bertz CT molecular complexity index is 887. The van der Waals surface area contributed by atoms with E-state index in [1.165, 1.54) is 12.1 Å². The number of amides is 2. The molecule has 0 unspecified atom stereocenters. The standard InChI is InChI=1S/C18H17N3O4/c22-17(14-3-6-16-13(11-14)7-8-19-16)20-9-10-25-15-4-1-12(2-5-15)18(23)21-24/h1-8,11,19,24H,9-10H2,(H,20,22)(H,21,23). The van der Waals surface area contributed by atoms with Crippen LogP contribution >= 0.6 is 0 Å². The average Bonchev–Trinajstić information content (AvgIpc) is 3.12. The van der Waals surface area contributed by atoms with Gasteiger partial charge in [0.1, 0.15) is 12.4 Å². The molecule has 0 saturated carbocycles. The minimum atomic E-state index is -0.585. The van der Waals surface area contributed by atoms with Gasteiger partial charge in [-0.05, 0) is 48.5 Å². The second-order valence-electron chi connectivity index (χ2n) is 5.35. The zero-order chi connectivity index (χ0) is 17.6. The van der Waals surface area contributed by atoms with Gasteiger partial charge in [-0.25, -0.2) is 5.48 Å². The number of hydrogen-bond donors (Lipinski definition) is 4. The van der Waals surface area contributed by atoms with Gasteiger partial charge < -0.3 is 15.0 Å². The van der Waals surface area contributed by atoms with Gasteiger partial charge in [0, 0.05) is 28.2 Å². The number of benzene rings is 2. The van der Waals surface area contributed by atoms with Crippen LogP contribution in [0.1, 0.15) is 20.7 Å². The molecule has 0 bridgehead atoms. The Labute approximate surface area is 143 Å². The van der Waals surface area contributed by atoms with Gasteiger partial charge in [-0.1, -0.05) is 0 Å². The van der Waals surface area contributed by atoms with E-state index in [-0.39, 0.29) is 5.91 Å². The molecule has 128 valence electrons. The Balaban J connectivity index is 1.47. The van der Waals surface area contributed by atoms with Crippen LogP contribution in [0.3, 0.4) is 0 Å². The first-order valence-electron chi connectivity index (χ1n) is 7.70. The average molecular weight is 339 g/mol. The lowest BCUT2D eigenvalue weighted by molar-refractivity contribution is 0.0706. The highest BCUT2D eigenvalue weighted by atomic mass is 16.5. The molecule has 3 aromatic rings. The van der Waals surface area contributed by atoms with Crippen molar-refractivity contribution in [3.05, 3.63) is 65.9 Å². The Hall–Kier alpha value is -3.32. The molecule has 1 heterocycles. The highest BCUT2D eigenvalue weighted by Gasteiger charge is 2.07. The van der Waals surface area contributed by atoms with Gasteiger partial charge in [0.05, 0.1) is 6.54 Å². The molecule has 0 spiro atoms. The van der Waals surface area contributed by atoms with E-state index < -0.39 is 5.91 Å². The summed E-state index contributed by atoms with van der Waals surface area (Å²) in [6.45, 7) is 0.645. The molecular weight excluding hydrogens is 322 g/mol. The second-order valence-corrected chi connectivity index (χ2v) is 5.35. The molecule has 0 radical (unpaired) electrons. The normalized spacial score (nSPS) is 10.4. The molecule has 0 atom stereocenters. The SMILES string of the molecule is O=C(NO)c1ccc(OCCNC(=O)c2ccc3[nH]ccc3c2)cc1. The first kappa shape index (κ1) is 16.5. The van der Waals surface area contributed by atoms with Crippen LogP contribution in [0.15, 0.2) is 54.7 Å². The van der Waals surface area contributed by atoms with E-state index in [2.05, 4.69) is 10.3 Å². The van der Waals surface area contributed by atoms with Gasteiger partial charge in [0.2, 0.25) is 0 Å². The molecule has 25 heavy (non-hydrogen) atoms. The number of aromatic nitrogens is 1. The van der Waals surface area contributed by atoms with Gasteiger partial charge in [0.25, 0.3) is 11.8 Å². The maximum atomic E-state index is 12.1. The van der Waals surface area contributed by atoms with E-state index in [9.17, 15) is 9.59 Å². The van der Waals surface area contributed by atoms with Gasteiger partial charge in [-0.3, -0.25) is 14.8 Å². The summed E-state index contributed by atoms with van der Waals surface area (Å²) >= 11 is 0. The fourth-order valence-corrected chi connectivity index (χ4v) is 2.40. The molecule has 0 aliphatic heterocycles. The maximum absolute atomic E-state index is 12.1. The first-order chi connectivity index (χ1) is 12.2. The third-order valence-electron chi connectivity index (χ3n) is 3.69. The van der Waals surface area contributed by atoms with Crippen molar-refractivity contribution in [3.8, 4) is 5.75 Å². The van der Waals surface area contributed by atoms with Crippen LogP contribution in [-0.2, 0) is 0 Å². The molecule has 0 aliphatic rings. The number of hydroxylamine groups is 1. The Morgan fingerprint density at radius 2 is 1.76 bits per heavy atom. The highest BCUT2D eigenvalue weighted by molar-refractivity contribution is 5.98. The summed E-state index contributed by atoms with van der Waals surface area (Å²) in [7, 11) is 0. The van der Waals surface area contributed by atoms with Crippen molar-refractivity contribution in [1.82, 2.24) is 15.8 Å². The summed E-state index contributed by atoms with van der Waals surface area (Å²) in [6, 6.07) is 13.7. The molecule has 2 amide bonds. The van der Waals surface area contributed by atoms with Gasteiger partial charge >= 0.3 is 0 Å². The molecule has 4 N–H and O–H groups in total. The van der Waals surface area contributed by atoms with E-state index in [0.717, 1.165) is 10.9 Å². The lowest BCUT2D eigenvalue weighted by Gasteiger charge is -2.08. The number of carbonyl (C=O) groups excluding carboxylic acids is 2. The van der Waals surface area contributed by atoms with Crippen molar-refractivity contribution < 1.29 is 19.5 Å². The number of nitrogens with one attached hydrogen (secondary N) is 3. The number of hydrogen-bond acceptors (Lipinski definition) is 4. The zero-order valence-electron chi connectivity index (χ0n) is 13.3. The summed E-state index contributed by atoms with van der Waals surface area (Å²) in [5, 5.41) is 12.3. The summed E-state index contributed by atoms with van der Waals surface area (Å²) < 4.78 is 5.50. The van der Waals surface area contributed by atoms with Crippen molar-refractivity contribution in [3.63, 3.8) is 0 Å². The smallest absolute Gasteiger partial charge is 0.274 e. The lowest BCUT2D eigenvalue weighted by Crippen LogP contribution is -2.28. The third kappa shape index (κ3) is 3.96. The molecule has 0 fully saturated rings. The summed E-state index contributed by atoms with van der Waals surface area (Å²) in [5.74, 6) is -0.183. The lowest BCUT2D eigenvalue weighted by atomic mass is 10.1. The third-order valence-corrected chi connectivity index (χ3v) is 3.69. The Morgan fingerprint density at radius 3 is 2.52 bits per heavy atom. The predicted molar refractivity (Wildman–Crippen MR) is 91.8 cm³/mol. The molecule has 2 aromatic carbocycles. The van der Waals surface area contributed by atoms with Crippen LogP contribution in [-0.4, -0.2) is 35.2 Å². The summed E-state index contributed by atoms with van der Waals surface area (Å²) in [5.41, 5.74) is 3.46. The number of aromatic amines is 1. The molecule has 1 aromatic heterocycles. The van der Waals surface area contributed by atoms with Crippen LogP contribution in [0, 0.1) is 0 Å². The first-order valence-corrected chi connectivity index (χ1v) is 7.70. The molecule has 0 aliphatic carbocycles. The van der Waals surface area contributed by atoms with Crippen molar-refractivity contribution >= 4 is 22.7 Å². The van der Waals surface area contributed by atoms with Gasteiger partial charge in [0.15, 0.2) is 0 Å². The summed E-state index contributed by atoms with van der Waals surface area (Å²) in [6.07, 6.45) is 1.83. The van der Waals surface area contributed by atoms with Crippen LogP contribution < -0.4 is 15.5 Å². The largest absolute Gasteiger partial charge is 0.492 e. The number of ether oxygens (including phenoxy) is 1. The van der Waals surface area contributed by atoms with Crippen LogP contribution in [0.25, 0.3) is 10.9 Å². The Morgan fingerprint density at radius 1 is 1.00 bits per heavy atom. The van der Waals surface area contributed by atoms with Gasteiger partial charge in [-0.2, -0.15) is 0 Å². The fourth-order valence-electron chi connectivity index (χ4n) is 2.40. The van der Waals surface area contributed by atoms with Crippen molar-refractivity contribution in [2.45, 2.75) is 0 Å². The van der Waals surface area contributed by atoms with Crippen LogP contribution in [0.2, 0.25) is 0 Å². The Kier molecular flexibility index (Phi) is 4.96. The molecular formula is C18H17N3O4. The maximum Gasteiger partial charge on any atom is 0.274 e. The molecule has 0 saturated heterocycles. The molecule has 7 nitrogen and oxygen atoms in total. The van der Waals surface area contributed by atoms with Crippen LogP contribution in [0.4, 0.5) is 0 Å². The summed E-state index contributed by atoms with van der Waals surface area (Å²) in [4.78, 5) is 26.4. The second kappa shape index (κ2) is 7.50. The number of carbonyl (C=O) groups is 2. The predicted octanol–water partition coefficient (Wildman–Crippen LogP) is 2.10. The molecule has 3 rings (SSSR count). The fraction of sp³-hybridized carbons (Fsp3) is 0.111. The van der Waals surface area contributed by atoms with Gasteiger partial charge in [-0.15, -0.1) is 0 Å². The minimum Gasteiger partial charge on any atom is -0.492 e. The topological polar surface area (TPSA) is 103 Å². The van der Waals surface area contributed by atoms with Crippen LogP contribution in [0.5, 0.6) is 5.75 Å². The number of H-pyrrole nitrogens is 1. The van der Waals surface area contributed by atoms with Crippen molar-refractivity contribution in [2.24, 2.45) is 0 Å². The highest BCUT2D eigenvalue weighted by Crippen LogP contribution is 2.14. The van der Waals surface area contributed by atoms with Crippen molar-refractivity contribution in [2.75, 3.05) is 13.2 Å². The van der Waals surface area contributed by atoms with E-state index in [1.807, 2.05) is 24.4 Å². The number of fused-ring (bicyclic) bond motifs is 1.